The van der Waals surface area contributed by atoms with Gasteiger partial charge >= 0.3 is 0 Å². The van der Waals surface area contributed by atoms with Gasteiger partial charge in [0.2, 0.25) is 0 Å². The molecule has 1 aromatic carbocycles. The molecule has 3 heterocycles. The molecule has 0 bridgehead atoms. The van der Waals surface area contributed by atoms with Crippen molar-refractivity contribution in [2.24, 2.45) is 11.8 Å². The maximum Gasteiger partial charge on any atom is 0.255 e. The number of hydrogen-bond donors (Lipinski definition) is 1. The van der Waals surface area contributed by atoms with Gasteiger partial charge in [0.15, 0.2) is 0 Å². The molecule has 2 fully saturated rings. The number of carbonyl (C=O) groups is 1. The molecule has 1 N–H and O–H groups in total. The Bertz CT molecular complexity index is 1030. The van der Waals surface area contributed by atoms with Crippen LogP contribution in [0.2, 0.25) is 0 Å². The van der Waals surface area contributed by atoms with Gasteiger partial charge in [-0.05, 0) is 61.4 Å². The van der Waals surface area contributed by atoms with Gasteiger partial charge in [0.25, 0.3) is 5.91 Å². The van der Waals surface area contributed by atoms with Crippen molar-refractivity contribution >= 4 is 17.1 Å². The van der Waals surface area contributed by atoms with Gasteiger partial charge in [0.05, 0.1) is 16.8 Å². The van der Waals surface area contributed by atoms with Gasteiger partial charge in [-0.15, -0.1) is 0 Å². The Morgan fingerprint density at radius 1 is 1.14 bits per heavy atom. The van der Waals surface area contributed by atoms with Crippen LogP contribution >= 0.6 is 0 Å². The number of aromatic nitrogens is 2. The van der Waals surface area contributed by atoms with E-state index in [2.05, 4.69) is 39.6 Å². The number of carbonyl (C=O) groups excluding carboxylic acids is 1. The van der Waals surface area contributed by atoms with Crippen LogP contribution in [0.1, 0.15) is 34.5 Å². The van der Waals surface area contributed by atoms with Crippen LogP contribution < -0.4 is 10.2 Å². The predicted molar refractivity (Wildman–Crippen MR) is 111 cm³/mol. The summed E-state index contributed by atoms with van der Waals surface area (Å²) in [6.07, 6.45) is 2.68. The van der Waals surface area contributed by atoms with E-state index in [1.54, 1.807) is 4.52 Å². The first-order valence-electron chi connectivity index (χ1n) is 10.3. The number of halogens is 1. The Labute approximate surface area is 169 Å². The van der Waals surface area contributed by atoms with Crippen LogP contribution in [0.4, 0.5) is 10.1 Å². The van der Waals surface area contributed by atoms with E-state index in [9.17, 15) is 9.18 Å². The summed E-state index contributed by atoms with van der Waals surface area (Å²) < 4.78 is 15.3. The molecule has 2 aromatic heterocycles. The molecule has 0 unspecified atom stereocenters. The van der Waals surface area contributed by atoms with Gasteiger partial charge in [0, 0.05) is 31.5 Å². The maximum absolute atomic E-state index is 13.5. The number of pyridine rings is 1. The second-order valence-electron chi connectivity index (χ2n) is 8.33. The smallest absolute Gasteiger partial charge is 0.255 e. The summed E-state index contributed by atoms with van der Waals surface area (Å²) in [5.74, 6) is 0.886. The van der Waals surface area contributed by atoms with E-state index < -0.39 is 6.17 Å². The lowest BCUT2D eigenvalue weighted by molar-refractivity contribution is 0.0952. The van der Waals surface area contributed by atoms with Crippen LogP contribution in [0.3, 0.4) is 0 Å². The Morgan fingerprint density at radius 2 is 1.86 bits per heavy atom. The summed E-state index contributed by atoms with van der Waals surface area (Å²) >= 11 is 0. The first-order valence-corrected chi connectivity index (χ1v) is 10.3. The molecule has 1 saturated carbocycles. The van der Waals surface area contributed by atoms with Gasteiger partial charge in [-0.25, -0.2) is 8.91 Å². The third-order valence-corrected chi connectivity index (χ3v) is 6.39. The number of hydrogen-bond acceptors (Lipinski definition) is 3. The first-order chi connectivity index (χ1) is 14.1. The fourth-order valence-electron chi connectivity index (χ4n) is 4.93. The van der Waals surface area contributed by atoms with E-state index in [0.717, 1.165) is 29.9 Å². The molecule has 5 rings (SSSR count). The second kappa shape index (κ2) is 7.17. The highest BCUT2D eigenvalue weighted by Gasteiger charge is 2.41. The maximum atomic E-state index is 13.5. The zero-order chi connectivity index (χ0) is 20.0. The molecule has 29 heavy (non-hydrogen) atoms. The van der Waals surface area contributed by atoms with Crippen LogP contribution in [0.15, 0.2) is 48.7 Å². The molecule has 1 saturated heterocycles. The lowest BCUT2D eigenvalue weighted by Gasteiger charge is -2.20. The molecule has 6 heteroatoms. The molecule has 0 radical (unpaired) electrons. The Morgan fingerprint density at radius 3 is 2.59 bits per heavy atom. The highest BCUT2D eigenvalue weighted by atomic mass is 19.1. The van der Waals surface area contributed by atoms with Crippen molar-refractivity contribution < 1.29 is 9.18 Å². The molecule has 150 valence electrons. The highest BCUT2D eigenvalue weighted by Crippen LogP contribution is 2.41. The van der Waals surface area contributed by atoms with Crippen molar-refractivity contribution in [2.75, 3.05) is 18.0 Å². The molecular weight excluding hydrogens is 367 g/mol. The van der Waals surface area contributed by atoms with E-state index in [-0.39, 0.29) is 5.91 Å². The van der Waals surface area contributed by atoms with Crippen molar-refractivity contribution in [2.45, 2.75) is 32.5 Å². The zero-order valence-corrected chi connectivity index (χ0v) is 16.5. The number of nitrogens with one attached hydrogen (secondary N) is 1. The van der Waals surface area contributed by atoms with Crippen LogP contribution in [-0.2, 0) is 6.54 Å². The Balaban J connectivity index is 1.23. The van der Waals surface area contributed by atoms with Gasteiger partial charge < -0.3 is 10.2 Å². The summed E-state index contributed by atoms with van der Waals surface area (Å²) in [7, 11) is 0. The fourth-order valence-corrected chi connectivity index (χ4v) is 4.93. The minimum Gasteiger partial charge on any atom is -0.371 e. The molecule has 1 aliphatic carbocycles. The summed E-state index contributed by atoms with van der Waals surface area (Å²) in [5.41, 5.74) is 4.40. The SMILES string of the molecule is Cc1nn2ccccc2c1C(=O)NCc1ccc(N2C[C@H]3C[C@H](F)C[C@H]3C2)cc1. The average Bonchev–Trinajstić information content (AvgIpc) is 3.36. The molecule has 1 aliphatic heterocycles. The third-order valence-electron chi connectivity index (χ3n) is 6.39. The minimum atomic E-state index is -0.602. The fraction of sp³-hybridized carbons (Fsp3) is 0.391. The van der Waals surface area contributed by atoms with E-state index in [4.69, 9.17) is 0 Å². The lowest BCUT2D eigenvalue weighted by atomic mass is 10.0. The van der Waals surface area contributed by atoms with Gasteiger partial charge in [0.1, 0.15) is 6.17 Å². The number of anilines is 1. The van der Waals surface area contributed by atoms with Crippen LogP contribution in [0.25, 0.3) is 5.52 Å². The summed E-state index contributed by atoms with van der Waals surface area (Å²) in [4.78, 5) is 15.1. The molecule has 1 amide bonds. The molecule has 5 nitrogen and oxygen atoms in total. The minimum absolute atomic E-state index is 0.110. The molecule has 0 spiro atoms. The van der Waals surface area contributed by atoms with Crippen molar-refractivity contribution in [3.63, 3.8) is 0 Å². The van der Waals surface area contributed by atoms with E-state index >= 15 is 0 Å². The van der Waals surface area contributed by atoms with Crippen molar-refractivity contribution in [1.82, 2.24) is 14.9 Å². The van der Waals surface area contributed by atoms with E-state index in [0.29, 0.717) is 36.8 Å². The predicted octanol–water partition coefficient (Wildman–Crippen LogP) is 3.76. The number of rotatable bonds is 4. The number of nitrogens with zero attached hydrogens (tertiary/aromatic N) is 3. The summed E-state index contributed by atoms with van der Waals surface area (Å²) in [5, 5.41) is 7.41. The molecule has 2 aliphatic rings. The number of alkyl halides is 1. The standard InChI is InChI=1S/C23H25FN4O/c1-15-22(21-4-2-3-9-28(21)26-15)23(29)25-12-16-5-7-20(8-6-16)27-13-17-10-19(24)11-18(17)14-27/h2-9,17-19H,10-14H2,1H3,(H,25,29)/t17-,18+,19+. The molecule has 3 atom stereocenters. The topological polar surface area (TPSA) is 49.6 Å². The molecule has 3 aromatic rings. The second-order valence-corrected chi connectivity index (χ2v) is 8.33. The highest BCUT2D eigenvalue weighted by molar-refractivity contribution is 6.01. The number of fused-ring (bicyclic) bond motifs is 2. The average molecular weight is 392 g/mol. The summed E-state index contributed by atoms with van der Waals surface area (Å²) in [6.45, 7) is 4.23. The summed E-state index contributed by atoms with van der Waals surface area (Å²) in [6, 6.07) is 14.0. The normalized spacial score (nSPS) is 23.5. The lowest BCUT2D eigenvalue weighted by Crippen LogP contribution is -2.24. The molecular formula is C23H25FN4O. The number of amides is 1. The van der Waals surface area contributed by atoms with E-state index in [1.807, 2.05) is 31.3 Å². The Kier molecular flexibility index (Phi) is 4.49. The third kappa shape index (κ3) is 3.37. The van der Waals surface area contributed by atoms with Crippen molar-refractivity contribution in [1.29, 1.82) is 0 Å². The largest absolute Gasteiger partial charge is 0.371 e. The van der Waals surface area contributed by atoms with Crippen LogP contribution in [0, 0.1) is 18.8 Å². The Hall–Kier alpha value is -2.89. The van der Waals surface area contributed by atoms with Crippen LogP contribution in [0.5, 0.6) is 0 Å². The quantitative estimate of drug-likeness (QED) is 0.736. The van der Waals surface area contributed by atoms with Crippen LogP contribution in [-0.4, -0.2) is 34.8 Å². The van der Waals surface area contributed by atoms with Gasteiger partial charge in [-0.2, -0.15) is 5.10 Å². The monoisotopic (exact) mass is 392 g/mol. The van der Waals surface area contributed by atoms with Gasteiger partial charge in [-0.3, -0.25) is 4.79 Å². The number of aryl methyl sites for hydroxylation is 1. The zero-order valence-electron chi connectivity index (χ0n) is 16.5. The van der Waals surface area contributed by atoms with Crippen molar-refractivity contribution in [3.8, 4) is 0 Å². The first kappa shape index (κ1) is 18.2. The van der Waals surface area contributed by atoms with Crippen molar-refractivity contribution in [3.05, 3.63) is 65.5 Å². The van der Waals surface area contributed by atoms with Gasteiger partial charge in [-0.1, -0.05) is 18.2 Å². The van der Waals surface area contributed by atoms with E-state index in [1.165, 1.54) is 5.69 Å². The number of benzene rings is 1.